The second kappa shape index (κ2) is 5.99. The van der Waals surface area contributed by atoms with E-state index in [1.54, 1.807) is 13.0 Å². The molecule has 2 aliphatic heterocycles. The number of rotatable bonds is 3. The first kappa shape index (κ1) is 14.3. The summed E-state index contributed by atoms with van der Waals surface area (Å²) in [6.45, 7) is 7.33. The number of morpholine rings is 1. The highest BCUT2D eigenvalue weighted by molar-refractivity contribution is 5.89. The number of aromatic carboxylic acids is 1. The van der Waals surface area contributed by atoms with E-state index in [0.717, 1.165) is 51.6 Å². The van der Waals surface area contributed by atoms with Crippen LogP contribution in [0.5, 0.6) is 0 Å². The van der Waals surface area contributed by atoms with Gasteiger partial charge in [0.1, 0.15) is 5.82 Å². The van der Waals surface area contributed by atoms with Gasteiger partial charge in [-0.05, 0) is 25.5 Å². The summed E-state index contributed by atoms with van der Waals surface area (Å²) in [5.41, 5.74) is 0.859. The Morgan fingerprint density at radius 2 is 2.10 bits per heavy atom. The van der Waals surface area contributed by atoms with Crippen molar-refractivity contribution in [3.05, 3.63) is 23.4 Å². The highest BCUT2D eigenvalue weighted by Crippen LogP contribution is 2.23. The molecule has 2 saturated heterocycles. The molecule has 0 aromatic carbocycles. The number of pyridine rings is 1. The predicted octanol–water partition coefficient (Wildman–Crippen LogP) is 0.999. The van der Waals surface area contributed by atoms with Crippen LogP contribution in [0.4, 0.5) is 5.82 Å². The fraction of sp³-hybridized carbons (Fsp3) is 0.600. The molecule has 114 valence electrons. The standard InChI is InChI=1S/C15H21N3O3/c1-11-13(15(19)20)2-3-14(16-11)18-5-4-12(10-18)17-6-8-21-9-7-17/h2-3,12H,4-10H2,1H3,(H,19,20). The highest BCUT2D eigenvalue weighted by atomic mass is 16.5. The molecule has 0 amide bonds. The van der Waals surface area contributed by atoms with Crippen LogP contribution in [0.25, 0.3) is 0 Å². The van der Waals surface area contributed by atoms with Gasteiger partial charge in [0.25, 0.3) is 0 Å². The zero-order valence-electron chi connectivity index (χ0n) is 12.3. The van der Waals surface area contributed by atoms with Crippen LogP contribution in [-0.4, -0.2) is 66.4 Å². The van der Waals surface area contributed by atoms with Crippen molar-refractivity contribution in [3.63, 3.8) is 0 Å². The van der Waals surface area contributed by atoms with Gasteiger partial charge in [-0.25, -0.2) is 9.78 Å². The number of anilines is 1. The molecule has 2 aliphatic rings. The van der Waals surface area contributed by atoms with Gasteiger partial charge in [-0.3, -0.25) is 4.90 Å². The van der Waals surface area contributed by atoms with E-state index < -0.39 is 5.97 Å². The molecule has 3 heterocycles. The van der Waals surface area contributed by atoms with Crippen LogP contribution in [0.3, 0.4) is 0 Å². The van der Waals surface area contributed by atoms with E-state index in [2.05, 4.69) is 14.8 Å². The maximum absolute atomic E-state index is 11.0. The highest BCUT2D eigenvalue weighted by Gasteiger charge is 2.29. The lowest BCUT2D eigenvalue weighted by atomic mass is 10.2. The summed E-state index contributed by atoms with van der Waals surface area (Å²) in [5.74, 6) is -0.0348. The van der Waals surface area contributed by atoms with Crippen LogP contribution in [-0.2, 0) is 4.74 Å². The van der Waals surface area contributed by atoms with E-state index in [-0.39, 0.29) is 5.56 Å². The third kappa shape index (κ3) is 3.01. The minimum Gasteiger partial charge on any atom is -0.478 e. The third-order valence-electron chi connectivity index (χ3n) is 4.35. The quantitative estimate of drug-likeness (QED) is 0.896. The summed E-state index contributed by atoms with van der Waals surface area (Å²) in [5, 5.41) is 9.06. The first-order valence-electron chi connectivity index (χ1n) is 7.43. The maximum Gasteiger partial charge on any atom is 0.337 e. The number of nitrogens with zero attached hydrogens (tertiary/aromatic N) is 3. The number of carbonyl (C=O) groups is 1. The molecule has 2 fully saturated rings. The lowest BCUT2D eigenvalue weighted by Gasteiger charge is -2.32. The second-order valence-corrected chi connectivity index (χ2v) is 5.64. The molecule has 0 radical (unpaired) electrons. The van der Waals surface area contributed by atoms with Gasteiger partial charge in [0.15, 0.2) is 0 Å². The topological polar surface area (TPSA) is 65.9 Å². The van der Waals surface area contributed by atoms with E-state index in [1.807, 2.05) is 6.07 Å². The Hall–Kier alpha value is -1.66. The molecule has 1 atom stereocenters. The predicted molar refractivity (Wildman–Crippen MR) is 78.9 cm³/mol. The van der Waals surface area contributed by atoms with Gasteiger partial charge in [0.2, 0.25) is 0 Å². The minimum absolute atomic E-state index is 0.280. The first-order chi connectivity index (χ1) is 10.1. The van der Waals surface area contributed by atoms with Gasteiger partial charge in [-0.1, -0.05) is 0 Å². The van der Waals surface area contributed by atoms with Gasteiger partial charge < -0.3 is 14.7 Å². The van der Waals surface area contributed by atoms with E-state index in [9.17, 15) is 4.79 Å². The molecule has 1 unspecified atom stereocenters. The molecule has 6 heteroatoms. The fourth-order valence-corrected chi connectivity index (χ4v) is 3.14. The molecule has 1 N–H and O–H groups in total. The Morgan fingerprint density at radius 3 is 2.76 bits per heavy atom. The van der Waals surface area contributed by atoms with Gasteiger partial charge in [-0.2, -0.15) is 0 Å². The van der Waals surface area contributed by atoms with Crippen LogP contribution < -0.4 is 4.90 Å². The van der Waals surface area contributed by atoms with Crippen molar-refractivity contribution in [2.45, 2.75) is 19.4 Å². The van der Waals surface area contributed by atoms with Gasteiger partial charge in [0, 0.05) is 32.2 Å². The molecule has 21 heavy (non-hydrogen) atoms. The summed E-state index contributed by atoms with van der Waals surface area (Å²) >= 11 is 0. The number of aromatic nitrogens is 1. The molecule has 1 aromatic heterocycles. The molecule has 6 nitrogen and oxygen atoms in total. The van der Waals surface area contributed by atoms with Crippen LogP contribution in [0.1, 0.15) is 22.5 Å². The number of carboxylic acids is 1. The monoisotopic (exact) mass is 291 g/mol. The van der Waals surface area contributed by atoms with E-state index in [1.165, 1.54) is 0 Å². The number of carboxylic acid groups (broad SMARTS) is 1. The normalized spacial score (nSPS) is 23.5. The van der Waals surface area contributed by atoms with E-state index >= 15 is 0 Å². The maximum atomic E-state index is 11.0. The average Bonchev–Trinajstić information content (AvgIpc) is 2.97. The number of aryl methyl sites for hydroxylation is 1. The molecule has 0 saturated carbocycles. The molecular formula is C15H21N3O3. The SMILES string of the molecule is Cc1nc(N2CCC(N3CCOCC3)C2)ccc1C(=O)O. The lowest BCUT2D eigenvalue weighted by Crippen LogP contribution is -2.44. The first-order valence-corrected chi connectivity index (χ1v) is 7.43. The Morgan fingerprint density at radius 1 is 1.33 bits per heavy atom. The van der Waals surface area contributed by atoms with Crippen LogP contribution in [0, 0.1) is 6.92 Å². The zero-order valence-corrected chi connectivity index (χ0v) is 12.3. The molecule has 3 rings (SSSR count). The van der Waals surface area contributed by atoms with Crippen molar-refractivity contribution < 1.29 is 14.6 Å². The Bertz CT molecular complexity index is 529. The number of hydrogen-bond acceptors (Lipinski definition) is 5. The van der Waals surface area contributed by atoms with Crippen LogP contribution in [0.15, 0.2) is 12.1 Å². The van der Waals surface area contributed by atoms with Crippen molar-refractivity contribution >= 4 is 11.8 Å². The van der Waals surface area contributed by atoms with Crippen molar-refractivity contribution in [2.75, 3.05) is 44.3 Å². The number of hydrogen-bond donors (Lipinski definition) is 1. The Balaban J connectivity index is 1.68. The van der Waals surface area contributed by atoms with Crippen molar-refractivity contribution in [3.8, 4) is 0 Å². The fourth-order valence-electron chi connectivity index (χ4n) is 3.14. The molecule has 0 bridgehead atoms. The molecular weight excluding hydrogens is 270 g/mol. The van der Waals surface area contributed by atoms with Crippen molar-refractivity contribution in [2.24, 2.45) is 0 Å². The largest absolute Gasteiger partial charge is 0.478 e. The summed E-state index contributed by atoms with van der Waals surface area (Å²) < 4.78 is 5.40. The van der Waals surface area contributed by atoms with E-state index in [4.69, 9.17) is 9.84 Å². The zero-order chi connectivity index (χ0) is 14.8. The lowest BCUT2D eigenvalue weighted by molar-refractivity contribution is 0.0209. The Labute approximate surface area is 124 Å². The van der Waals surface area contributed by atoms with Crippen LogP contribution in [0.2, 0.25) is 0 Å². The minimum atomic E-state index is -0.917. The summed E-state index contributed by atoms with van der Waals surface area (Å²) in [4.78, 5) is 20.2. The molecule has 1 aromatic rings. The van der Waals surface area contributed by atoms with E-state index in [0.29, 0.717) is 11.7 Å². The number of ether oxygens (including phenoxy) is 1. The van der Waals surface area contributed by atoms with Crippen molar-refractivity contribution in [1.29, 1.82) is 0 Å². The van der Waals surface area contributed by atoms with Gasteiger partial charge >= 0.3 is 5.97 Å². The Kier molecular flexibility index (Phi) is 4.07. The second-order valence-electron chi connectivity index (χ2n) is 5.64. The van der Waals surface area contributed by atoms with Gasteiger partial charge in [0.05, 0.1) is 24.5 Å². The smallest absolute Gasteiger partial charge is 0.337 e. The summed E-state index contributed by atoms with van der Waals surface area (Å²) in [6.07, 6.45) is 1.13. The average molecular weight is 291 g/mol. The third-order valence-corrected chi connectivity index (χ3v) is 4.35. The van der Waals surface area contributed by atoms with Crippen molar-refractivity contribution in [1.82, 2.24) is 9.88 Å². The van der Waals surface area contributed by atoms with Crippen LogP contribution >= 0.6 is 0 Å². The summed E-state index contributed by atoms with van der Waals surface area (Å²) in [6, 6.07) is 4.02. The van der Waals surface area contributed by atoms with Gasteiger partial charge in [-0.15, -0.1) is 0 Å². The molecule has 0 spiro atoms. The summed E-state index contributed by atoms with van der Waals surface area (Å²) in [7, 11) is 0. The molecule has 0 aliphatic carbocycles.